The molecule has 2 fully saturated rings. The number of anilines is 1. The number of piperidine rings is 1. The summed E-state index contributed by atoms with van der Waals surface area (Å²) >= 11 is 0. The lowest BCUT2D eigenvalue weighted by molar-refractivity contribution is -0.136. The fourth-order valence-electron chi connectivity index (χ4n) is 5.58. The summed E-state index contributed by atoms with van der Waals surface area (Å²) in [4.78, 5) is 27.6. The first kappa shape index (κ1) is 23.7. The van der Waals surface area contributed by atoms with Crippen LogP contribution in [0.5, 0.6) is 0 Å². The quantitative estimate of drug-likeness (QED) is 0.706. The van der Waals surface area contributed by atoms with Crippen LogP contribution in [0, 0.1) is 13.8 Å². The molecule has 2 aliphatic rings. The summed E-state index contributed by atoms with van der Waals surface area (Å²) in [6.07, 6.45) is 7.49. The number of benzene rings is 1. The van der Waals surface area contributed by atoms with Gasteiger partial charge in [0.2, 0.25) is 5.91 Å². The minimum Gasteiger partial charge on any atom is -0.363 e. The molecule has 33 heavy (non-hydrogen) atoms. The Morgan fingerprint density at radius 3 is 2.30 bits per heavy atom. The molecule has 6 nitrogen and oxygen atoms in total. The lowest BCUT2D eigenvalue weighted by atomic mass is 9.76. The van der Waals surface area contributed by atoms with Gasteiger partial charge in [-0.05, 0) is 51.6 Å². The second-order valence-corrected chi connectivity index (χ2v) is 10.3. The lowest BCUT2D eigenvalue weighted by Gasteiger charge is -2.33. The van der Waals surface area contributed by atoms with Gasteiger partial charge in [-0.2, -0.15) is 0 Å². The monoisotopic (exact) mass is 449 g/mol. The maximum absolute atomic E-state index is 14.0. The Labute approximate surface area is 198 Å². The van der Waals surface area contributed by atoms with E-state index >= 15 is 0 Å². The van der Waals surface area contributed by atoms with Crippen molar-refractivity contribution in [3.8, 4) is 0 Å². The highest BCUT2D eigenvalue weighted by atomic mass is 16.2. The molecule has 2 aromatic rings. The number of rotatable bonds is 6. The van der Waals surface area contributed by atoms with Gasteiger partial charge in [0, 0.05) is 27.2 Å². The Balaban J connectivity index is 1.61. The first-order chi connectivity index (χ1) is 15.8. The van der Waals surface area contributed by atoms with Crippen molar-refractivity contribution in [2.24, 2.45) is 0 Å². The highest BCUT2D eigenvalue weighted by molar-refractivity contribution is 5.88. The van der Waals surface area contributed by atoms with Crippen molar-refractivity contribution in [2.75, 3.05) is 32.6 Å². The molecule has 1 N–H and O–H groups in total. The summed E-state index contributed by atoms with van der Waals surface area (Å²) in [5, 5.41) is 3.56. The van der Waals surface area contributed by atoms with Crippen LogP contribution in [-0.4, -0.2) is 48.5 Å². The molecule has 1 aliphatic carbocycles. The van der Waals surface area contributed by atoms with Gasteiger partial charge in [-0.3, -0.25) is 4.79 Å². The third-order valence-electron chi connectivity index (χ3n) is 7.25. The van der Waals surface area contributed by atoms with Crippen molar-refractivity contribution in [1.29, 1.82) is 0 Å². The van der Waals surface area contributed by atoms with Crippen molar-refractivity contribution >= 4 is 11.7 Å². The van der Waals surface area contributed by atoms with E-state index in [0.29, 0.717) is 6.54 Å². The van der Waals surface area contributed by atoms with Crippen molar-refractivity contribution in [1.82, 2.24) is 20.2 Å². The number of aromatic nitrogens is 2. The van der Waals surface area contributed by atoms with E-state index in [1.54, 1.807) is 0 Å². The van der Waals surface area contributed by atoms with Crippen LogP contribution in [0.15, 0.2) is 24.3 Å². The third kappa shape index (κ3) is 5.06. The second-order valence-electron chi connectivity index (χ2n) is 10.3. The lowest BCUT2D eigenvalue weighted by Crippen LogP contribution is -2.43. The highest BCUT2D eigenvalue weighted by Crippen LogP contribution is 2.43. The number of hydrogen-bond acceptors (Lipinski definition) is 5. The summed E-state index contributed by atoms with van der Waals surface area (Å²) in [6, 6.07) is 8.83. The molecule has 0 bridgehead atoms. The summed E-state index contributed by atoms with van der Waals surface area (Å²) in [7, 11) is 5.94. The normalized spacial score (nSPS) is 20.0. The van der Waals surface area contributed by atoms with E-state index < -0.39 is 5.41 Å². The number of hydrogen-bond donors (Lipinski definition) is 1. The fraction of sp³-hybridized carbons (Fsp3) is 0.593. The molecular weight excluding hydrogens is 410 g/mol. The van der Waals surface area contributed by atoms with Crippen molar-refractivity contribution in [3.63, 3.8) is 0 Å². The molecular formula is C27H39N5O. The van der Waals surface area contributed by atoms with Gasteiger partial charge in [0.25, 0.3) is 0 Å². The molecule has 1 unspecified atom stereocenters. The van der Waals surface area contributed by atoms with E-state index in [0.717, 1.165) is 56.0 Å². The SMILES string of the molecule is Cc1cc(C)cc(C2(C(=O)N(C)Cc3cc(N(C)C)nc(C4CCCCN4)n3)CCCC2)c1. The summed E-state index contributed by atoms with van der Waals surface area (Å²) in [5.41, 5.74) is 4.11. The molecule has 0 radical (unpaired) electrons. The Hall–Kier alpha value is -2.47. The van der Waals surface area contributed by atoms with Crippen molar-refractivity contribution in [2.45, 2.75) is 76.8 Å². The first-order valence-corrected chi connectivity index (χ1v) is 12.4. The summed E-state index contributed by atoms with van der Waals surface area (Å²) < 4.78 is 0. The van der Waals surface area contributed by atoms with Crippen LogP contribution < -0.4 is 10.2 Å². The molecule has 1 saturated heterocycles. The van der Waals surface area contributed by atoms with E-state index in [1.165, 1.54) is 29.5 Å². The number of nitrogens with one attached hydrogen (secondary N) is 1. The zero-order chi connectivity index (χ0) is 23.6. The predicted octanol–water partition coefficient (Wildman–Crippen LogP) is 4.44. The molecule has 2 heterocycles. The topological polar surface area (TPSA) is 61.4 Å². The number of aryl methyl sites for hydroxylation is 2. The Morgan fingerprint density at radius 2 is 1.70 bits per heavy atom. The van der Waals surface area contributed by atoms with Crippen LogP contribution in [0.1, 0.15) is 79.2 Å². The van der Waals surface area contributed by atoms with Crippen LogP contribution in [-0.2, 0) is 16.8 Å². The van der Waals surface area contributed by atoms with Gasteiger partial charge < -0.3 is 15.1 Å². The van der Waals surface area contributed by atoms with Gasteiger partial charge in [-0.1, -0.05) is 48.6 Å². The molecule has 1 atom stereocenters. The largest absolute Gasteiger partial charge is 0.363 e. The van der Waals surface area contributed by atoms with Crippen LogP contribution >= 0.6 is 0 Å². The highest BCUT2D eigenvalue weighted by Gasteiger charge is 2.44. The van der Waals surface area contributed by atoms with Gasteiger partial charge in [0.15, 0.2) is 0 Å². The number of nitrogens with zero attached hydrogens (tertiary/aromatic N) is 4. The molecule has 1 amide bonds. The average Bonchev–Trinajstić information content (AvgIpc) is 3.29. The molecule has 1 aliphatic heterocycles. The van der Waals surface area contributed by atoms with Gasteiger partial charge in [-0.25, -0.2) is 9.97 Å². The summed E-state index contributed by atoms with van der Waals surface area (Å²) in [5.74, 6) is 1.96. The number of amides is 1. The van der Waals surface area contributed by atoms with Gasteiger partial charge in [0.1, 0.15) is 11.6 Å². The van der Waals surface area contributed by atoms with E-state index in [2.05, 4.69) is 37.4 Å². The van der Waals surface area contributed by atoms with Crippen LogP contribution in [0.4, 0.5) is 5.82 Å². The molecule has 1 aromatic carbocycles. The standard InChI is InChI=1S/C27H39N5O/c1-19-14-20(2)16-21(15-19)27(11-7-8-12-27)26(33)32(5)18-22-17-24(31(3)4)30-25(29-22)23-10-6-9-13-28-23/h14-17,23,28H,6-13,18H2,1-5H3. The van der Waals surface area contributed by atoms with Gasteiger partial charge in [0.05, 0.1) is 23.7 Å². The van der Waals surface area contributed by atoms with Crippen molar-refractivity contribution in [3.05, 3.63) is 52.5 Å². The zero-order valence-corrected chi connectivity index (χ0v) is 20.9. The number of carbonyl (C=O) groups is 1. The second kappa shape index (κ2) is 9.80. The van der Waals surface area contributed by atoms with E-state index in [1.807, 2.05) is 37.0 Å². The summed E-state index contributed by atoms with van der Waals surface area (Å²) in [6.45, 7) is 5.75. The van der Waals surface area contributed by atoms with E-state index in [9.17, 15) is 4.79 Å². The molecule has 6 heteroatoms. The van der Waals surface area contributed by atoms with E-state index in [-0.39, 0.29) is 11.9 Å². The van der Waals surface area contributed by atoms with Crippen LogP contribution in [0.3, 0.4) is 0 Å². The molecule has 1 aromatic heterocycles. The number of carbonyl (C=O) groups excluding carboxylic acids is 1. The van der Waals surface area contributed by atoms with Gasteiger partial charge in [-0.15, -0.1) is 0 Å². The Morgan fingerprint density at radius 1 is 1.00 bits per heavy atom. The molecule has 4 rings (SSSR count). The molecule has 1 saturated carbocycles. The molecule has 178 valence electrons. The average molecular weight is 450 g/mol. The minimum absolute atomic E-state index is 0.190. The van der Waals surface area contributed by atoms with Gasteiger partial charge >= 0.3 is 0 Å². The Kier molecular flexibility index (Phi) is 7.03. The predicted molar refractivity (Wildman–Crippen MR) is 133 cm³/mol. The number of likely N-dealkylation sites (N-methyl/N-ethyl adjacent to an activating group) is 1. The Bertz CT molecular complexity index is 970. The maximum Gasteiger partial charge on any atom is 0.233 e. The fourth-order valence-corrected chi connectivity index (χ4v) is 5.58. The van der Waals surface area contributed by atoms with E-state index in [4.69, 9.17) is 9.97 Å². The smallest absolute Gasteiger partial charge is 0.233 e. The zero-order valence-electron chi connectivity index (χ0n) is 20.9. The van der Waals surface area contributed by atoms with Crippen molar-refractivity contribution < 1.29 is 4.79 Å². The minimum atomic E-state index is -0.420. The molecule has 0 spiro atoms. The van der Waals surface area contributed by atoms with Crippen LogP contribution in [0.2, 0.25) is 0 Å². The maximum atomic E-state index is 14.0. The van der Waals surface area contributed by atoms with Crippen LogP contribution in [0.25, 0.3) is 0 Å². The first-order valence-electron chi connectivity index (χ1n) is 12.4. The third-order valence-corrected chi connectivity index (χ3v) is 7.25.